The molecule has 5 rings (SSSR count). The number of anilines is 2. The van der Waals surface area contributed by atoms with Crippen LogP contribution in [0.4, 0.5) is 20.2 Å². The lowest BCUT2D eigenvalue weighted by Crippen LogP contribution is -2.41. The zero-order chi connectivity index (χ0) is 28.2. The van der Waals surface area contributed by atoms with E-state index in [9.17, 15) is 13.6 Å². The van der Waals surface area contributed by atoms with Crippen molar-refractivity contribution in [1.82, 2.24) is 0 Å². The summed E-state index contributed by atoms with van der Waals surface area (Å²) in [6.07, 6.45) is 0.343. The summed E-state index contributed by atoms with van der Waals surface area (Å²) in [6.45, 7) is 1.93. The third-order valence-corrected chi connectivity index (χ3v) is 7.82. The Balaban J connectivity index is 1.79. The molecule has 1 heterocycles. The van der Waals surface area contributed by atoms with E-state index in [0.29, 0.717) is 23.3 Å². The van der Waals surface area contributed by atoms with E-state index in [1.807, 2.05) is 54.6 Å². The molecule has 0 amide bonds. The summed E-state index contributed by atoms with van der Waals surface area (Å²) >= 11 is 6.97. The first-order chi connectivity index (χ1) is 19.3. The van der Waals surface area contributed by atoms with Crippen molar-refractivity contribution in [3.05, 3.63) is 140 Å². The average molecular weight is 668 g/mol. The van der Waals surface area contributed by atoms with Crippen LogP contribution in [0.25, 0.3) is 0 Å². The molecule has 0 fully saturated rings. The van der Waals surface area contributed by atoms with Gasteiger partial charge in [-0.05, 0) is 90.8 Å². The molecule has 8 heteroatoms. The van der Waals surface area contributed by atoms with Crippen molar-refractivity contribution in [1.29, 1.82) is 0 Å². The van der Waals surface area contributed by atoms with E-state index in [4.69, 9.17) is 4.74 Å². The highest BCUT2D eigenvalue weighted by atomic mass is 79.9. The van der Waals surface area contributed by atoms with Crippen molar-refractivity contribution >= 4 is 49.2 Å². The van der Waals surface area contributed by atoms with Crippen LogP contribution >= 0.6 is 31.9 Å². The molecule has 2 unspecified atom stereocenters. The van der Waals surface area contributed by atoms with Crippen molar-refractivity contribution in [3.63, 3.8) is 0 Å². The van der Waals surface area contributed by atoms with E-state index in [-0.39, 0.29) is 12.4 Å². The number of carbonyl (C=O) groups excluding carboxylic acids is 1. The number of benzene rings is 4. The van der Waals surface area contributed by atoms with Gasteiger partial charge in [0.2, 0.25) is 0 Å². The molecule has 1 aliphatic heterocycles. The maximum Gasteiger partial charge on any atom is 0.338 e. The Morgan fingerprint density at radius 2 is 1.45 bits per heavy atom. The monoisotopic (exact) mass is 666 g/mol. The number of ether oxygens (including phenoxy) is 1. The fourth-order valence-electron chi connectivity index (χ4n) is 5.09. The Labute approximate surface area is 248 Å². The molecule has 0 radical (unpaired) electrons. The maximum atomic E-state index is 14.7. The van der Waals surface area contributed by atoms with Gasteiger partial charge >= 0.3 is 5.97 Å². The molecular formula is C32H26Br2F2N2O2. The fourth-order valence-corrected chi connectivity index (χ4v) is 5.62. The molecule has 1 N–H and O–H groups in total. The van der Waals surface area contributed by atoms with Crippen molar-refractivity contribution in [2.24, 2.45) is 0 Å². The summed E-state index contributed by atoms with van der Waals surface area (Å²) in [7, 11) is 0. The van der Waals surface area contributed by atoms with Gasteiger partial charge in [0, 0.05) is 32.4 Å². The van der Waals surface area contributed by atoms with Crippen LogP contribution in [-0.4, -0.2) is 12.6 Å². The predicted octanol–water partition coefficient (Wildman–Crippen LogP) is 9.11. The van der Waals surface area contributed by atoms with Gasteiger partial charge in [0.15, 0.2) is 0 Å². The Kier molecular flexibility index (Phi) is 8.66. The number of carbonyl (C=O) groups is 1. The lowest BCUT2D eigenvalue weighted by atomic mass is 9.84. The Bertz CT molecular complexity index is 1540. The normalized spacial score (nSPS) is 17.1. The SMILES string of the molecule is CCOC(=O)C1=C(Nc2ccc(Br)cc2)CC(c2cccc(F)c2)N(c2ccc(Br)cc2)C1c1cccc(F)c1. The third kappa shape index (κ3) is 6.13. The first-order valence-electron chi connectivity index (χ1n) is 12.8. The summed E-state index contributed by atoms with van der Waals surface area (Å²) in [5.74, 6) is -1.29. The second kappa shape index (κ2) is 12.4. The first-order valence-corrected chi connectivity index (χ1v) is 14.4. The van der Waals surface area contributed by atoms with Crippen LogP contribution in [0.15, 0.2) is 117 Å². The van der Waals surface area contributed by atoms with Crippen LogP contribution in [0.5, 0.6) is 0 Å². The lowest BCUT2D eigenvalue weighted by Gasteiger charge is -2.46. The van der Waals surface area contributed by atoms with E-state index in [1.165, 1.54) is 24.3 Å². The maximum absolute atomic E-state index is 14.7. The van der Waals surface area contributed by atoms with Gasteiger partial charge in [-0.3, -0.25) is 0 Å². The van der Waals surface area contributed by atoms with Gasteiger partial charge < -0.3 is 15.0 Å². The van der Waals surface area contributed by atoms with E-state index in [0.717, 1.165) is 25.9 Å². The molecule has 4 aromatic carbocycles. The second-order valence-electron chi connectivity index (χ2n) is 9.36. The van der Waals surface area contributed by atoms with Gasteiger partial charge in [0.25, 0.3) is 0 Å². The molecule has 0 spiro atoms. The third-order valence-electron chi connectivity index (χ3n) is 6.77. The van der Waals surface area contributed by atoms with Crippen LogP contribution in [-0.2, 0) is 9.53 Å². The molecule has 0 aromatic heterocycles. The topological polar surface area (TPSA) is 41.6 Å². The number of rotatable bonds is 7. The molecule has 0 saturated carbocycles. The molecule has 0 saturated heterocycles. The Morgan fingerprint density at radius 1 is 0.875 bits per heavy atom. The van der Waals surface area contributed by atoms with E-state index >= 15 is 0 Å². The summed E-state index contributed by atoms with van der Waals surface area (Å²) in [6, 6.07) is 26.8. The standard InChI is InChI=1S/C32H26Br2F2N2O2/c1-2-40-32(39)30-28(37-26-13-9-22(33)10-14-26)19-29(20-5-3-7-24(35)17-20)38(27-15-11-23(34)12-16-27)31(30)21-6-4-8-25(36)18-21/h3-18,29,31,37H,2,19H2,1H3. The minimum Gasteiger partial charge on any atom is -0.463 e. The summed E-state index contributed by atoms with van der Waals surface area (Å²) < 4.78 is 36.7. The molecule has 40 heavy (non-hydrogen) atoms. The number of hydrogen-bond donors (Lipinski definition) is 1. The first kappa shape index (κ1) is 28.1. The highest BCUT2D eigenvalue weighted by Crippen LogP contribution is 2.48. The molecule has 0 bridgehead atoms. The zero-order valence-electron chi connectivity index (χ0n) is 21.6. The minimum absolute atomic E-state index is 0.176. The van der Waals surface area contributed by atoms with Gasteiger partial charge in [-0.15, -0.1) is 0 Å². The summed E-state index contributed by atoms with van der Waals surface area (Å²) in [5.41, 5.74) is 3.84. The van der Waals surface area contributed by atoms with Crippen LogP contribution < -0.4 is 10.2 Å². The van der Waals surface area contributed by atoms with Crippen LogP contribution in [0.3, 0.4) is 0 Å². The summed E-state index contributed by atoms with van der Waals surface area (Å²) in [5, 5.41) is 3.44. The van der Waals surface area contributed by atoms with E-state index in [2.05, 4.69) is 42.1 Å². The van der Waals surface area contributed by atoms with E-state index in [1.54, 1.807) is 25.1 Å². The highest BCUT2D eigenvalue weighted by Gasteiger charge is 2.42. The molecule has 1 aliphatic rings. The average Bonchev–Trinajstić information content (AvgIpc) is 2.94. The smallest absolute Gasteiger partial charge is 0.338 e. The largest absolute Gasteiger partial charge is 0.463 e. The van der Waals surface area contributed by atoms with Crippen molar-refractivity contribution in [2.45, 2.75) is 25.4 Å². The van der Waals surface area contributed by atoms with Crippen molar-refractivity contribution < 1.29 is 18.3 Å². The minimum atomic E-state index is -0.740. The number of halogens is 4. The Hall–Kier alpha value is -3.49. The molecule has 0 aliphatic carbocycles. The van der Waals surface area contributed by atoms with Gasteiger partial charge in [0.1, 0.15) is 11.6 Å². The molecule has 4 aromatic rings. The Morgan fingerprint density at radius 3 is 2.05 bits per heavy atom. The van der Waals surface area contributed by atoms with Gasteiger partial charge in [-0.25, -0.2) is 13.6 Å². The molecule has 2 atom stereocenters. The zero-order valence-corrected chi connectivity index (χ0v) is 24.8. The van der Waals surface area contributed by atoms with Gasteiger partial charge in [-0.2, -0.15) is 0 Å². The molecule has 4 nitrogen and oxygen atoms in total. The van der Waals surface area contributed by atoms with E-state index < -0.39 is 23.9 Å². The molecule has 204 valence electrons. The fraction of sp³-hybridized carbons (Fsp3) is 0.156. The van der Waals surface area contributed by atoms with Crippen LogP contribution in [0, 0.1) is 11.6 Å². The number of esters is 1. The molecular weight excluding hydrogens is 642 g/mol. The van der Waals surface area contributed by atoms with Crippen molar-refractivity contribution in [2.75, 3.05) is 16.8 Å². The highest BCUT2D eigenvalue weighted by molar-refractivity contribution is 9.10. The van der Waals surface area contributed by atoms with Crippen LogP contribution in [0.2, 0.25) is 0 Å². The number of nitrogens with one attached hydrogen (secondary N) is 1. The lowest BCUT2D eigenvalue weighted by molar-refractivity contribution is -0.139. The van der Waals surface area contributed by atoms with Gasteiger partial charge in [-0.1, -0.05) is 56.1 Å². The number of nitrogens with zero attached hydrogens (tertiary/aromatic N) is 1. The number of hydrogen-bond acceptors (Lipinski definition) is 4. The summed E-state index contributed by atoms with van der Waals surface area (Å²) in [4.78, 5) is 15.8. The second-order valence-corrected chi connectivity index (χ2v) is 11.2. The quantitative estimate of drug-likeness (QED) is 0.200. The van der Waals surface area contributed by atoms with Crippen molar-refractivity contribution in [3.8, 4) is 0 Å². The van der Waals surface area contributed by atoms with Gasteiger partial charge in [0.05, 0.1) is 24.3 Å². The predicted molar refractivity (Wildman–Crippen MR) is 161 cm³/mol. The van der Waals surface area contributed by atoms with Crippen LogP contribution in [0.1, 0.15) is 36.6 Å².